The molecule has 2 aromatic rings. The standard InChI is InChI=1S/C21H22O2/c1-20(2)16-10-11-21(20,3)19(23)17(16)18(22)15-9-8-13-6-4-5-7-14(13)12-15/h4-9,12,16,22H,10-11H2,1-3H3/b18-17-/t16-,21-/m0/s1. The number of hydrogen-bond donors (Lipinski definition) is 1. The number of carbonyl (C=O) groups is 1. The highest BCUT2D eigenvalue weighted by molar-refractivity contribution is 6.09. The molecule has 4 rings (SSSR count). The van der Waals surface area contributed by atoms with Crippen LogP contribution in [0.25, 0.3) is 16.5 Å². The van der Waals surface area contributed by atoms with Crippen molar-refractivity contribution in [3.63, 3.8) is 0 Å². The maximum absolute atomic E-state index is 13.0. The summed E-state index contributed by atoms with van der Waals surface area (Å²) in [6, 6.07) is 14.0. The molecule has 2 atom stereocenters. The number of aliphatic hydroxyl groups excluding tert-OH is 1. The van der Waals surface area contributed by atoms with Gasteiger partial charge in [-0.05, 0) is 41.0 Å². The van der Waals surface area contributed by atoms with Crippen LogP contribution in [0.3, 0.4) is 0 Å². The van der Waals surface area contributed by atoms with E-state index < -0.39 is 0 Å². The summed E-state index contributed by atoms with van der Waals surface area (Å²) >= 11 is 0. The zero-order valence-corrected chi connectivity index (χ0v) is 13.9. The van der Waals surface area contributed by atoms with Gasteiger partial charge in [0, 0.05) is 16.6 Å². The quantitative estimate of drug-likeness (QED) is 0.585. The van der Waals surface area contributed by atoms with E-state index in [1.807, 2.05) is 36.4 Å². The van der Waals surface area contributed by atoms with E-state index in [4.69, 9.17) is 0 Å². The summed E-state index contributed by atoms with van der Waals surface area (Å²) in [7, 11) is 0. The van der Waals surface area contributed by atoms with Crippen LogP contribution >= 0.6 is 0 Å². The largest absolute Gasteiger partial charge is 0.507 e. The van der Waals surface area contributed by atoms with E-state index >= 15 is 0 Å². The fraction of sp³-hybridized carbons (Fsp3) is 0.381. The minimum atomic E-state index is -0.335. The van der Waals surface area contributed by atoms with Crippen LogP contribution in [0.15, 0.2) is 48.0 Å². The average Bonchev–Trinajstić information content (AvgIpc) is 2.86. The smallest absolute Gasteiger partial charge is 0.169 e. The molecule has 2 nitrogen and oxygen atoms in total. The van der Waals surface area contributed by atoms with Gasteiger partial charge >= 0.3 is 0 Å². The SMILES string of the molecule is CC1(C)[C@H]2CC[C@@]1(C)C(=O)/C2=C(\O)c1ccc2ccccc2c1. The van der Waals surface area contributed by atoms with Crippen molar-refractivity contribution >= 4 is 22.3 Å². The van der Waals surface area contributed by atoms with Gasteiger partial charge in [0.2, 0.25) is 0 Å². The Morgan fingerprint density at radius 2 is 1.78 bits per heavy atom. The molecule has 0 spiro atoms. The van der Waals surface area contributed by atoms with Gasteiger partial charge in [0.25, 0.3) is 0 Å². The Morgan fingerprint density at radius 3 is 2.43 bits per heavy atom. The first kappa shape index (κ1) is 14.5. The summed E-state index contributed by atoms with van der Waals surface area (Å²) < 4.78 is 0. The van der Waals surface area contributed by atoms with Gasteiger partial charge < -0.3 is 5.11 Å². The first-order chi connectivity index (χ1) is 10.9. The Bertz CT molecular complexity index is 859. The average molecular weight is 306 g/mol. The molecule has 0 radical (unpaired) electrons. The lowest BCUT2D eigenvalue weighted by atomic mass is 9.70. The number of allylic oxidation sites excluding steroid dienone is 1. The predicted molar refractivity (Wildman–Crippen MR) is 93.1 cm³/mol. The zero-order chi connectivity index (χ0) is 16.4. The highest BCUT2D eigenvalue weighted by Gasteiger charge is 2.64. The van der Waals surface area contributed by atoms with Crippen LogP contribution in [0.2, 0.25) is 0 Å². The van der Waals surface area contributed by atoms with Crippen LogP contribution in [0.1, 0.15) is 39.2 Å². The van der Waals surface area contributed by atoms with Crippen molar-refractivity contribution in [2.75, 3.05) is 0 Å². The van der Waals surface area contributed by atoms with Crippen molar-refractivity contribution in [3.8, 4) is 0 Å². The van der Waals surface area contributed by atoms with E-state index in [0.29, 0.717) is 5.57 Å². The second-order valence-corrected chi connectivity index (χ2v) is 7.80. The Morgan fingerprint density at radius 1 is 1.09 bits per heavy atom. The zero-order valence-electron chi connectivity index (χ0n) is 13.9. The van der Waals surface area contributed by atoms with Crippen LogP contribution in [0, 0.1) is 16.7 Å². The molecule has 2 saturated carbocycles. The maximum atomic E-state index is 13.0. The Hall–Kier alpha value is -2.09. The van der Waals surface area contributed by atoms with E-state index in [1.54, 1.807) is 0 Å². The number of benzene rings is 2. The van der Waals surface area contributed by atoms with Crippen molar-refractivity contribution in [2.24, 2.45) is 16.7 Å². The monoisotopic (exact) mass is 306 g/mol. The number of aliphatic hydroxyl groups is 1. The second-order valence-electron chi connectivity index (χ2n) is 7.80. The number of ketones is 1. The van der Waals surface area contributed by atoms with Gasteiger partial charge in [-0.25, -0.2) is 0 Å². The lowest BCUT2D eigenvalue weighted by molar-refractivity contribution is -0.125. The third-order valence-electron chi connectivity index (χ3n) is 6.60. The highest BCUT2D eigenvalue weighted by atomic mass is 16.3. The minimum absolute atomic E-state index is 0.0791. The van der Waals surface area contributed by atoms with Gasteiger partial charge in [0.15, 0.2) is 5.78 Å². The molecule has 23 heavy (non-hydrogen) atoms. The molecule has 2 bridgehead atoms. The Labute approximate surface area is 136 Å². The molecule has 2 aliphatic carbocycles. The topological polar surface area (TPSA) is 37.3 Å². The van der Waals surface area contributed by atoms with E-state index in [9.17, 15) is 9.90 Å². The molecule has 0 aromatic heterocycles. The highest BCUT2D eigenvalue weighted by Crippen LogP contribution is 2.66. The minimum Gasteiger partial charge on any atom is -0.507 e. The van der Waals surface area contributed by atoms with Crippen LogP contribution in [-0.4, -0.2) is 10.9 Å². The van der Waals surface area contributed by atoms with Crippen molar-refractivity contribution in [2.45, 2.75) is 33.6 Å². The van der Waals surface area contributed by atoms with Gasteiger partial charge in [-0.1, -0.05) is 57.2 Å². The van der Waals surface area contributed by atoms with Crippen LogP contribution in [0.4, 0.5) is 0 Å². The fourth-order valence-electron chi connectivity index (χ4n) is 4.63. The van der Waals surface area contributed by atoms with Gasteiger partial charge in [-0.2, -0.15) is 0 Å². The number of carbonyl (C=O) groups excluding carboxylic acids is 1. The predicted octanol–water partition coefficient (Wildman–Crippen LogP) is 5.13. The van der Waals surface area contributed by atoms with E-state index in [-0.39, 0.29) is 28.3 Å². The maximum Gasteiger partial charge on any atom is 0.169 e. The lowest BCUT2D eigenvalue weighted by Crippen LogP contribution is -2.32. The fourth-order valence-corrected chi connectivity index (χ4v) is 4.63. The van der Waals surface area contributed by atoms with E-state index in [0.717, 1.165) is 29.2 Å². The van der Waals surface area contributed by atoms with Crippen LogP contribution < -0.4 is 0 Å². The molecule has 0 unspecified atom stereocenters. The van der Waals surface area contributed by atoms with Crippen molar-refractivity contribution in [1.29, 1.82) is 0 Å². The van der Waals surface area contributed by atoms with E-state index in [2.05, 4.69) is 26.8 Å². The molecule has 0 aliphatic heterocycles. The number of fused-ring (bicyclic) bond motifs is 3. The molecule has 118 valence electrons. The second kappa shape index (κ2) is 4.47. The summed E-state index contributed by atoms with van der Waals surface area (Å²) in [5, 5.41) is 13.1. The van der Waals surface area contributed by atoms with Gasteiger partial charge in [0.05, 0.1) is 0 Å². The summed E-state index contributed by atoms with van der Waals surface area (Å²) in [4.78, 5) is 13.0. The van der Waals surface area contributed by atoms with E-state index in [1.165, 1.54) is 0 Å². The number of rotatable bonds is 1. The first-order valence-electron chi connectivity index (χ1n) is 8.33. The third kappa shape index (κ3) is 1.72. The van der Waals surface area contributed by atoms with Gasteiger partial charge in [-0.15, -0.1) is 0 Å². The van der Waals surface area contributed by atoms with Crippen molar-refractivity contribution in [1.82, 2.24) is 0 Å². The molecule has 2 heteroatoms. The molecule has 2 fully saturated rings. The number of hydrogen-bond acceptors (Lipinski definition) is 2. The molecular formula is C21H22O2. The lowest BCUT2D eigenvalue weighted by Gasteiger charge is -2.31. The number of Topliss-reactive ketones (excluding diaryl/α,β-unsaturated/α-hetero) is 1. The van der Waals surface area contributed by atoms with Crippen molar-refractivity contribution < 1.29 is 9.90 Å². The van der Waals surface area contributed by atoms with Crippen LogP contribution in [0.5, 0.6) is 0 Å². The Balaban J connectivity index is 1.88. The van der Waals surface area contributed by atoms with Crippen LogP contribution in [-0.2, 0) is 4.79 Å². The summed E-state index contributed by atoms with van der Waals surface area (Å²) in [6.07, 6.45) is 1.92. The van der Waals surface area contributed by atoms with Gasteiger partial charge in [0.1, 0.15) is 5.76 Å². The Kier molecular flexibility index (Phi) is 2.82. The molecule has 2 aliphatic rings. The summed E-state index contributed by atoms with van der Waals surface area (Å²) in [5.74, 6) is 0.484. The summed E-state index contributed by atoms with van der Waals surface area (Å²) in [6.45, 7) is 6.41. The van der Waals surface area contributed by atoms with Crippen molar-refractivity contribution in [3.05, 3.63) is 53.6 Å². The first-order valence-corrected chi connectivity index (χ1v) is 8.33. The molecular weight excluding hydrogens is 284 g/mol. The van der Waals surface area contributed by atoms with Gasteiger partial charge in [-0.3, -0.25) is 4.79 Å². The normalized spacial score (nSPS) is 30.9. The molecule has 2 aromatic carbocycles. The molecule has 0 amide bonds. The third-order valence-corrected chi connectivity index (χ3v) is 6.60. The molecule has 0 saturated heterocycles. The molecule has 1 N–H and O–H groups in total. The summed E-state index contributed by atoms with van der Waals surface area (Å²) in [5.41, 5.74) is 0.986. The molecule has 0 heterocycles.